The molecule has 0 atom stereocenters. The number of pyridine rings is 1. The highest BCUT2D eigenvalue weighted by Crippen LogP contribution is 2.26. The summed E-state index contributed by atoms with van der Waals surface area (Å²) >= 11 is 0. The molecular formula is C8H10N3O. The summed E-state index contributed by atoms with van der Waals surface area (Å²) in [6.45, 7) is 3.70. The van der Waals surface area contributed by atoms with Crippen LogP contribution in [-0.2, 0) is 0 Å². The Morgan fingerprint density at radius 2 is 2.08 bits per heavy atom. The van der Waals surface area contributed by atoms with E-state index in [0.29, 0.717) is 5.69 Å². The van der Waals surface area contributed by atoms with Crippen LogP contribution in [0.5, 0.6) is 0 Å². The zero-order valence-corrected chi connectivity index (χ0v) is 7.33. The van der Waals surface area contributed by atoms with Crippen molar-refractivity contribution in [3.05, 3.63) is 22.2 Å². The molecule has 1 radical (unpaired) electrons. The third-order valence-corrected chi connectivity index (χ3v) is 1.60. The highest BCUT2D eigenvalue weighted by atomic mass is 16.3. The van der Waals surface area contributed by atoms with E-state index in [1.807, 2.05) is 19.9 Å². The highest BCUT2D eigenvalue weighted by molar-refractivity contribution is 5.60. The topological polar surface area (TPSA) is 56.4 Å². The van der Waals surface area contributed by atoms with Crippen molar-refractivity contribution in [2.24, 2.45) is 5.18 Å². The summed E-state index contributed by atoms with van der Waals surface area (Å²) in [5.74, 6) is 0.176. The van der Waals surface area contributed by atoms with E-state index in [1.165, 1.54) is 0 Å². The molecule has 63 valence electrons. The Balaban J connectivity index is 3.33. The fourth-order valence-corrected chi connectivity index (χ4v) is 1.15. The molecule has 0 unspecified atom stereocenters. The maximum atomic E-state index is 10.3. The number of rotatable bonds is 2. The maximum Gasteiger partial charge on any atom is 0.222 e. The zero-order valence-electron chi connectivity index (χ0n) is 7.33. The van der Waals surface area contributed by atoms with Gasteiger partial charge in [-0.15, -0.1) is 4.91 Å². The van der Waals surface area contributed by atoms with Crippen LogP contribution in [0.2, 0.25) is 0 Å². The van der Waals surface area contributed by atoms with E-state index in [-0.39, 0.29) is 5.82 Å². The Morgan fingerprint density at radius 1 is 1.42 bits per heavy atom. The summed E-state index contributed by atoms with van der Waals surface area (Å²) < 4.78 is 0. The van der Waals surface area contributed by atoms with E-state index < -0.39 is 0 Å². The minimum absolute atomic E-state index is 0.176. The van der Waals surface area contributed by atoms with E-state index >= 15 is 0 Å². The first-order valence-electron chi connectivity index (χ1n) is 3.60. The molecule has 0 bridgehead atoms. The van der Waals surface area contributed by atoms with Gasteiger partial charge in [-0.3, -0.25) is 5.32 Å². The van der Waals surface area contributed by atoms with Crippen LogP contribution >= 0.6 is 0 Å². The van der Waals surface area contributed by atoms with Crippen molar-refractivity contribution < 1.29 is 0 Å². The smallest absolute Gasteiger partial charge is 0.222 e. The molecule has 1 rings (SSSR count). The molecule has 0 aliphatic heterocycles. The van der Waals surface area contributed by atoms with Gasteiger partial charge in [0.05, 0.1) is 0 Å². The van der Waals surface area contributed by atoms with Gasteiger partial charge in [-0.05, 0) is 30.7 Å². The van der Waals surface area contributed by atoms with E-state index in [4.69, 9.17) is 0 Å². The molecule has 0 aliphatic carbocycles. The largest absolute Gasteiger partial charge is 0.284 e. The molecule has 0 aliphatic rings. The lowest BCUT2D eigenvalue weighted by Crippen LogP contribution is -1.94. The van der Waals surface area contributed by atoms with Gasteiger partial charge < -0.3 is 0 Å². The number of nitrogens with zero attached hydrogens (tertiary/aromatic N) is 3. The molecule has 1 aromatic rings. The summed E-state index contributed by atoms with van der Waals surface area (Å²) in [5, 5.41) is 6.73. The first-order valence-corrected chi connectivity index (χ1v) is 3.60. The predicted molar refractivity (Wildman–Crippen MR) is 46.9 cm³/mol. The second-order valence-corrected chi connectivity index (χ2v) is 2.57. The molecule has 0 N–H and O–H groups in total. The maximum absolute atomic E-state index is 10.3. The summed E-state index contributed by atoms with van der Waals surface area (Å²) in [5.41, 5.74) is 2.30. The van der Waals surface area contributed by atoms with Crippen LogP contribution in [0.3, 0.4) is 0 Å². The van der Waals surface area contributed by atoms with Crippen molar-refractivity contribution in [3.63, 3.8) is 0 Å². The molecule has 0 saturated heterocycles. The van der Waals surface area contributed by atoms with Gasteiger partial charge >= 0.3 is 0 Å². The van der Waals surface area contributed by atoms with Crippen LogP contribution in [0.25, 0.3) is 0 Å². The Kier molecular flexibility index (Phi) is 2.38. The Bertz CT molecular complexity index is 309. The third kappa shape index (κ3) is 1.42. The Labute approximate surface area is 71.0 Å². The monoisotopic (exact) mass is 164 g/mol. The average Bonchev–Trinajstić information content (AvgIpc) is 2.03. The lowest BCUT2D eigenvalue weighted by atomic mass is 10.2. The van der Waals surface area contributed by atoms with Crippen LogP contribution in [0.4, 0.5) is 11.5 Å². The van der Waals surface area contributed by atoms with Gasteiger partial charge in [0.1, 0.15) is 5.69 Å². The van der Waals surface area contributed by atoms with Gasteiger partial charge in [-0.1, -0.05) is 0 Å². The van der Waals surface area contributed by atoms with Crippen LogP contribution < -0.4 is 5.32 Å². The van der Waals surface area contributed by atoms with Crippen molar-refractivity contribution >= 4 is 11.5 Å². The standard InChI is InChI=1S/C8H10N3O/c1-5-4-6(2)10-8(11-12)7(5)9-3/h4H,1-3H3. The van der Waals surface area contributed by atoms with Crippen molar-refractivity contribution in [2.45, 2.75) is 13.8 Å². The highest BCUT2D eigenvalue weighted by Gasteiger charge is 2.07. The predicted octanol–water partition coefficient (Wildman–Crippen LogP) is 1.96. The molecule has 0 saturated carbocycles. The van der Waals surface area contributed by atoms with Crippen molar-refractivity contribution in [2.75, 3.05) is 7.05 Å². The van der Waals surface area contributed by atoms with Crippen molar-refractivity contribution in [1.29, 1.82) is 0 Å². The molecule has 1 heterocycles. The first kappa shape index (κ1) is 8.64. The van der Waals surface area contributed by atoms with Crippen molar-refractivity contribution in [1.82, 2.24) is 10.3 Å². The summed E-state index contributed by atoms with van der Waals surface area (Å²) in [6, 6.07) is 1.87. The van der Waals surface area contributed by atoms with E-state index in [1.54, 1.807) is 7.05 Å². The minimum Gasteiger partial charge on any atom is -0.284 e. The van der Waals surface area contributed by atoms with E-state index in [0.717, 1.165) is 11.3 Å². The SMILES string of the molecule is C[N]c1c(C)cc(C)nc1N=O. The van der Waals surface area contributed by atoms with E-state index in [9.17, 15) is 4.91 Å². The minimum atomic E-state index is 0.176. The van der Waals surface area contributed by atoms with Gasteiger partial charge in [-0.25, -0.2) is 4.98 Å². The van der Waals surface area contributed by atoms with Gasteiger partial charge in [-0.2, -0.15) is 0 Å². The number of hydrogen-bond acceptors (Lipinski definition) is 3. The second-order valence-electron chi connectivity index (χ2n) is 2.57. The fourth-order valence-electron chi connectivity index (χ4n) is 1.15. The van der Waals surface area contributed by atoms with Gasteiger partial charge in [0.25, 0.3) is 0 Å². The Morgan fingerprint density at radius 3 is 2.58 bits per heavy atom. The Hall–Kier alpha value is -1.45. The second kappa shape index (κ2) is 3.30. The molecule has 0 amide bonds. The first-order chi connectivity index (χ1) is 5.69. The summed E-state index contributed by atoms with van der Waals surface area (Å²) in [6.07, 6.45) is 0. The van der Waals surface area contributed by atoms with Crippen LogP contribution in [0.1, 0.15) is 11.3 Å². The van der Waals surface area contributed by atoms with Crippen LogP contribution in [-0.4, -0.2) is 12.0 Å². The molecule has 12 heavy (non-hydrogen) atoms. The number of hydrogen-bond donors (Lipinski definition) is 0. The molecule has 4 heteroatoms. The molecular weight excluding hydrogens is 154 g/mol. The molecule has 0 spiro atoms. The normalized spacial score (nSPS) is 9.58. The molecule has 4 nitrogen and oxygen atoms in total. The van der Waals surface area contributed by atoms with Gasteiger partial charge in [0.15, 0.2) is 0 Å². The number of nitroso groups, excluding NO2 is 1. The molecule has 1 aromatic heterocycles. The van der Waals surface area contributed by atoms with Crippen LogP contribution in [0.15, 0.2) is 11.2 Å². The fraction of sp³-hybridized carbons (Fsp3) is 0.375. The summed E-state index contributed by atoms with van der Waals surface area (Å²) in [4.78, 5) is 14.3. The average molecular weight is 164 g/mol. The van der Waals surface area contributed by atoms with Crippen molar-refractivity contribution in [3.8, 4) is 0 Å². The molecule has 0 aromatic carbocycles. The quantitative estimate of drug-likeness (QED) is 0.627. The molecule has 0 fully saturated rings. The van der Waals surface area contributed by atoms with E-state index in [2.05, 4.69) is 15.5 Å². The van der Waals surface area contributed by atoms with Gasteiger partial charge in [0, 0.05) is 12.7 Å². The number of aromatic nitrogens is 1. The van der Waals surface area contributed by atoms with Crippen LogP contribution in [0, 0.1) is 18.8 Å². The zero-order chi connectivity index (χ0) is 9.14. The summed E-state index contributed by atoms with van der Waals surface area (Å²) in [7, 11) is 1.62. The third-order valence-electron chi connectivity index (χ3n) is 1.60. The lowest BCUT2D eigenvalue weighted by Gasteiger charge is -2.04. The van der Waals surface area contributed by atoms with Gasteiger partial charge in [0.2, 0.25) is 5.82 Å². The number of aryl methyl sites for hydroxylation is 2. The lowest BCUT2D eigenvalue weighted by molar-refractivity contribution is 1.03.